The second-order valence-electron chi connectivity index (χ2n) is 4.69. The molecule has 1 aromatic heterocycles. The zero-order chi connectivity index (χ0) is 15.6. The number of aliphatic hydroxyl groups is 1. The van der Waals surface area contributed by atoms with E-state index in [1.807, 2.05) is 0 Å². The Kier molecular flexibility index (Phi) is 4.46. The van der Waals surface area contributed by atoms with Gasteiger partial charge < -0.3 is 9.52 Å². The number of halogens is 1. The molecule has 0 aliphatic carbocycles. The van der Waals surface area contributed by atoms with Gasteiger partial charge in [0.15, 0.2) is 0 Å². The van der Waals surface area contributed by atoms with Crippen LogP contribution in [0.25, 0.3) is 0 Å². The molecule has 7 heteroatoms. The van der Waals surface area contributed by atoms with Crippen LogP contribution in [0, 0.1) is 12.7 Å². The van der Waals surface area contributed by atoms with Crippen LogP contribution in [0.3, 0.4) is 0 Å². The van der Waals surface area contributed by atoms with Crippen LogP contribution in [0.5, 0.6) is 0 Å². The molecule has 1 heterocycles. The summed E-state index contributed by atoms with van der Waals surface area (Å²) in [5.74, 6) is -0.259. The zero-order valence-corrected chi connectivity index (χ0v) is 12.5. The molecule has 0 saturated carbocycles. The van der Waals surface area contributed by atoms with E-state index in [-0.39, 0.29) is 13.2 Å². The fourth-order valence-electron chi connectivity index (χ4n) is 1.92. The number of rotatable bonds is 5. The van der Waals surface area contributed by atoms with Gasteiger partial charge in [-0.15, -0.1) is 0 Å². The molecule has 2 rings (SSSR count). The number of furan rings is 1. The van der Waals surface area contributed by atoms with Crippen LogP contribution < -0.4 is 0 Å². The fourth-order valence-corrected chi connectivity index (χ4v) is 3.11. The first-order chi connectivity index (χ1) is 9.86. The average molecular weight is 313 g/mol. The van der Waals surface area contributed by atoms with E-state index in [1.165, 1.54) is 19.4 Å². The molecule has 0 aliphatic heterocycles. The molecule has 0 saturated heterocycles. The number of sulfonamides is 1. The summed E-state index contributed by atoms with van der Waals surface area (Å²) in [5.41, 5.74) is 1.04. The Labute approximate surface area is 122 Å². The van der Waals surface area contributed by atoms with Gasteiger partial charge in [0.05, 0.1) is 12.9 Å². The summed E-state index contributed by atoms with van der Waals surface area (Å²) in [6, 6.07) is 5.23. The lowest BCUT2D eigenvalue weighted by Gasteiger charge is -2.17. The highest BCUT2D eigenvalue weighted by Crippen LogP contribution is 2.22. The minimum absolute atomic E-state index is 0.0891. The number of hydrogen-bond acceptors (Lipinski definition) is 4. The van der Waals surface area contributed by atoms with E-state index in [1.54, 1.807) is 13.0 Å². The predicted molar refractivity (Wildman–Crippen MR) is 74.4 cm³/mol. The van der Waals surface area contributed by atoms with E-state index >= 15 is 0 Å². The quantitative estimate of drug-likeness (QED) is 0.917. The first kappa shape index (κ1) is 15.7. The Morgan fingerprint density at radius 2 is 2.05 bits per heavy atom. The minimum Gasteiger partial charge on any atom is -0.469 e. The maximum atomic E-state index is 13.9. The average Bonchev–Trinajstić information content (AvgIpc) is 2.83. The molecule has 0 aliphatic rings. The molecule has 2 aromatic rings. The summed E-state index contributed by atoms with van der Waals surface area (Å²) in [7, 11) is -2.58. The second kappa shape index (κ2) is 5.97. The highest BCUT2D eigenvalue weighted by molar-refractivity contribution is 7.89. The molecule has 1 N–H and O–H groups in total. The second-order valence-corrected chi connectivity index (χ2v) is 6.70. The number of nitrogens with zero attached hydrogens (tertiary/aromatic N) is 1. The maximum absolute atomic E-state index is 13.9. The largest absolute Gasteiger partial charge is 0.469 e. The molecule has 0 atom stereocenters. The molecule has 21 heavy (non-hydrogen) atoms. The van der Waals surface area contributed by atoms with Crippen LogP contribution in [0.15, 0.2) is 39.8 Å². The summed E-state index contributed by atoms with van der Waals surface area (Å²) in [6.45, 7) is 1.47. The smallest absolute Gasteiger partial charge is 0.246 e. The lowest BCUT2D eigenvalue weighted by molar-refractivity contribution is 0.281. The van der Waals surface area contributed by atoms with Crippen molar-refractivity contribution in [1.82, 2.24) is 4.31 Å². The van der Waals surface area contributed by atoms with Gasteiger partial charge in [0.1, 0.15) is 16.5 Å². The lowest BCUT2D eigenvalue weighted by atomic mass is 10.2. The Bertz CT molecular complexity index is 739. The number of aliphatic hydroxyl groups excluding tert-OH is 1. The van der Waals surface area contributed by atoms with Crippen LogP contribution in [-0.4, -0.2) is 24.9 Å². The molecular weight excluding hydrogens is 297 g/mol. The summed E-state index contributed by atoms with van der Waals surface area (Å²) >= 11 is 0. The summed E-state index contributed by atoms with van der Waals surface area (Å²) in [5, 5.41) is 8.93. The highest BCUT2D eigenvalue weighted by atomic mass is 32.2. The lowest BCUT2D eigenvalue weighted by Crippen LogP contribution is -2.27. The third-order valence-electron chi connectivity index (χ3n) is 3.23. The fraction of sp³-hybridized carbons (Fsp3) is 0.286. The van der Waals surface area contributed by atoms with Gasteiger partial charge in [0.2, 0.25) is 10.0 Å². The predicted octanol–water partition coefficient (Wildman–Crippen LogP) is 2.04. The molecule has 5 nitrogen and oxygen atoms in total. The monoisotopic (exact) mass is 313 g/mol. The van der Waals surface area contributed by atoms with Crippen molar-refractivity contribution in [2.75, 3.05) is 7.05 Å². The van der Waals surface area contributed by atoms with Gasteiger partial charge in [0.25, 0.3) is 0 Å². The SMILES string of the molecule is Cc1occc1CN(C)S(=O)(=O)c1ccc(CO)cc1F. The minimum atomic E-state index is -3.95. The molecule has 0 spiro atoms. The highest BCUT2D eigenvalue weighted by Gasteiger charge is 2.25. The van der Waals surface area contributed by atoms with Gasteiger partial charge in [-0.25, -0.2) is 12.8 Å². The Morgan fingerprint density at radius 3 is 2.57 bits per heavy atom. The topological polar surface area (TPSA) is 70.8 Å². The van der Waals surface area contributed by atoms with Crippen molar-refractivity contribution in [3.8, 4) is 0 Å². The van der Waals surface area contributed by atoms with Crippen LogP contribution in [0.2, 0.25) is 0 Å². The third-order valence-corrected chi connectivity index (χ3v) is 5.06. The van der Waals surface area contributed by atoms with Gasteiger partial charge in [-0.3, -0.25) is 0 Å². The van der Waals surface area contributed by atoms with Crippen molar-refractivity contribution in [3.05, 3.63) is 53.2 Å². The normalized spacial score (nSPS) is 12.0. The number of hydrogen-bond donors (Lipinski definition) is 1. The van der Waals surface area contributed by atoms with E-state index in [4.69, 9.17) is 9.52 Å². The Balaban J connectivity index is 2.31. The number of aryl methyl sites for hydroxylation is 1. The van der Waals surface area contributed by atoms with Crippen molar-refractivity contribution in [2.45, 2.75) is 25.0 Å². The van der Waals surface area contributed by atoms with Crippen molar-refractivity contribution in [2.24, 2.45) is 0 Å². The molecule has 0 amide bonds. The van der Waals surface area contributed by atoms with Gasteiger partial charge in [-0.1, -0.05) is 6.07 Å². The summed E-state index contributed by atoms with van der Waals surface area (Å²) in [6.07, 6.45) is 1.47. The van der Waals surface area contributed by atoms with Crippen LogP contribution in [0.1, 0.15) is 16.9 Å². The molecule has 0 unspecified atom stereocenters. The van der Waals surface area contributed by atoms with Gasteiger partial charge in [-0.05, 0) is 30.7 Å². The first-order valence-electron chi connectivity index (χ1n) is 6.25. The van der Waals surface area contributed by atoms with E-state index in [0.29, 0.717) is 16.9 Å². The van der Waals surface area contributed by atoms with Crippen molar-refractivity contribution >= 4 is 10.0 Å². The third kappa shape index (κ3) is 3.15. The number of benzene rings is 1. The van der Waals surface area contributed by atoms with E-state index < -0.39 is 20.7 Å². The van der Waals surface area contributed by atoms with Crippen LogP contribution in [-0.2, 0) is 23.2 Å². The van der Waals surface area contributed by atoms with Gasteiger partial charge >= 0.3 is 0 Å². The Hall–Kier alpha value is -1.70. The maximum Gasteiger partial charge on any atom is 0.246 e. The van der Waals surface area contributed by atoms with E-state index in [0.717, 1.165) is 16.4 Å². The van der Waals surface area contributed by atoms with Crippen LogP contribution in [0.4, 0.5) is 4.39 Å². The standard InChI is InChI=1S/C14H16FNO4S/c1-10-12(5-6-20-10)8-16(2)21(18,19)14-4-3-11(9-17)7-13(14)15/h3-7,17H,8-9H2,1-2H3. The van der Waals surface area contributed by atoms with Crippen molar-refractivity contribution in [3.63, 3.8) is 0 Å². The Morgan fingerprint density at radius 1 is 1.33 bits per heavy atom. The van der Waals surface area contributed by atoms with Crippen LogP contribution >= 0.6 is 0 Å². The molecular formula is C14H16FNO4S. The molecule has 0 bridgehead atoms. The van der Waals surface area contributed by atoms with Gasteiger partial charge in [-0.2, -0.15) is 4.31 Å². The van der Waals surface area contributed by atoms with E-state index in [2.05, 4.69) is 0 Å². The zero-order valence-electron chi connectivity index (χ0n) is 11.7. The summed E-state index contributed by atoms with van der Waals surface area (Å²) in [4.78, 5) is -0.414. The molecule has 0 fully saturated rings. The molecule has 114 valence electrons. The van der Waals surface area contributed by atoms with E-state index in [9.17, 15) is 12.8 Å². The summed E-state index contributed by atoms with van der Waals surface area (Å²) < 4.78 is 44.9. The van der Waals surface area contributed by atoms with Crippen molar-refractivity contribution < 1.29 is 22.3 Å². The first-order valence-corrected chi connectivity index (χ1v) is 7.69. The molecule has 1 aromatic carbocycles. The van der Waals surface area contributed by atoms with Gasteiger partial charge in [0, 0.05) is 19.2 Å². The van der Waals surface area contributed by atoms with Crippen molar-refractivity contribution in [1.29, 1.82) is 0 Å². The molecule has 0 radical (unpaired) electrons.